The Morgan fingerprint density at radius 3 is 1.81 bits per heavy atom. The summed E-state index contributed by atoms with van der Waals surface area (Å²) in [6, 6.07) is 19.8. The van der Waals surface area contributed by atoms with Crippen LogP contribution in [0.1, 0.15) is 10.4 Å². The molecule has 0 spiro atoms. The van der Waals surface area contributed by atoms with Crippen molar-refractivity contribution < 1.29 is 17.4 Å². The Kier molecular flexibility index (Phi) is 5.11. The first kappa shape index (κ1) is 18.2. The summed E-state index contributed by atoms with van der Waals surface area (Å²) in [7, 11) is -4.00. The molecule has 3 rings (SSSR count). The maximum atomic E-state index is 12.3. The lowest BCUT2D eigenvalue weighted by atomic mass is 10.1. The molecule has 0 aliphatic rings. The minimum absolute atomic E-state index is 0.0560. The van der Waals surface area contributed by atoms with Crippen LogP contribution in [0.25, 0.3) is 11.1 Å². The minimum Gasteiger partial charge on any atom is -0.379 e. The van der Waals surface area contributed by atoms with Gasteiger partial charge in [-0.1, -0.05) is 40.2 Å². The van der Waals surface area contributed by atoms with Crippen molar-refractivity contribution in [1.29, 1.82) is 0 Å². The Morgan fingerprint density at radius 1 is 0.808 bits per heavy atom. The maximum Gasteiger partial charge on any atom is 0.339 e. The molecule has 132 valence electrons. The summed E-state index contributed by atoms with van der Waals surface area (Å²) in [6.07, 6.45) is 0. The first-order valence-corrected chi connectivity index (χ1v) is 9.76. The number of carbonyl (C=O) groups is 1. The molecule has 2 N–H and O–H groups in total. The second kappa shape index (κ2) is 7.31. The fourth-order valence-electron chi connectivity index (χ4n) is 2.31. The molecule has 0 heterocycles. The summed E-state index contributed by atoms with van der Waals surface area (Å²) >= 11 is 3.38. The molecule has 0 atom stereocenters. The number of primary amides is 1. The molecular formula is C19H14BrNO4S. The van der Waals surface area contributed by atoms with E-state index in [2.05, 4.69) is 15.9 Å². The van der Waals surface area contributed by atoms with Crippen LogP contribution >= 0.6 is 15.9 Å². The van der Waals surface area contributed by atoms with Gasteiger partial charge in [0.05, 0.1) is 0 Å². The summed E-state index contributed by atoms with van der Waals surface area (Å²) in [5, 5.41) is 0. The van der Waals surface area contributed by atoms with Crippen LogP contribution in [0.5, 0.6) is 5.75 Å². The van der Waals surface area contributed by atoms with E-state index in [0.717, 1.165) is 15.6 Å². The van der Waals surface area contributed by atoms with Gasteiger partial charge in [-0.15, -0.1) is 0 Å². The van der Waals surface area contributed by atoms with Crippen molar-refractivity contribution in [3.8, 4) is 16.9 Å². The van der Waals surface area contributed by atoms with Gasteiger partial charge in [-0.3, -0.25) is 4.79 Å². The first-order chi connectivity index (χ1) is 12.3. The van der Waals surface area contributed by atoms with Crippen LogP contribution in [0.2, 0.25) is 0 Å². The Balaban J connectivity index is 1.79. The van der Waals surface area contributed by atoms with Crippen LogP contribution < -0.4 is 9.92 Å². The third-order valence-electron chi connectivity index (χ3n) is 3.67. The molecule has 3 aromatic carbocycles. The Labute approximate surface area is 159 Å². The van der Waals surface area contributed by atoms with Crippen LogP contribution in [0.3, 0.4) is 0 Å². The topological polar surface area (TPSA) is 86.5 Å². The average molecular weight is 432 g/mol. The molecule has 5 nitrogen and oxygen atoms in total. The minimum atomic E-state index is -4.00. The summed E-state index contributed by atoms with van der Waals surface area (Å²) in [5.74, 6) is -0.428. The maximum absolute atomic E-state index is 12.3. The first-order valence-electron chi connectivity index (χ1n) is 7.55. The summed E-state index contributed by atoms with van der Waals surface area (Å²) < 4.78 is 30.8. The third kappa shape index (κ3) is 4.12. The van der Waals surface area contributed by atoms with Crippen molar-refractivity contribution in [1.82, 2.24) is 0 Å². The van der Waals surface area contributed by atoms with Gasteiger partial charge in [-0.2, -0.15) is 8.42 Å². The SMILES string of the molecule is NC(=O)c1ccc(S(=O)(=O)Oc2ccc(-c3ccc(Br)cc3)cc2)cc1. The number of hydrogen-bond acceptors (Lipinski definition) is 4. The number of rotatable bonds is 5. The number of nitrogens with two attached hydrogens (primary N) is 1. The Hall–Kier alpha value is -2.64. The standard InChI is InChI=1S/C19H14BrNO4S/c20-16-7-1-13(2-8-16)14-3-9-17(10-4-14)25-26(23,24)18-11-5-15(6-12-18)19(21)22/h1-12H,(H2,21,22). The van der Waals surface area contributed by atoms with Crippen molar-refractivity contribution in [2.45, 2.75) is 4.90 Å². The van der Waals surface area contributed by atoms with E-state index in [0.29, 0.717) is 0 Å². The number of amides is 1. The van der Waals surface area contributed by atoms with Crippen molar-refractivity contribution in [3.63, 3.8) is 0 Å². The van der Waals surface area contributed by atoms with Crippen molar-refractivity contribution in [2.24, 2.45) is 5.73 Å². The van der Waals surface area contributed by atoms with Gasteiger partial charge in [-0.05, 0) is 59.7 Å². The summed E-state index contributed by atoms with van der Waals surface area (Å²) in [6.45, 7) is 0. The molecule has 0 fully saturated rings. The number of halogens is 1. The molecule has 0 saturated carbocycles. The second-order valence-corrected chi connectivity index (χ2v) is 7.92. The van der Waals surface area contributed by atoms with Gasteiger partial charge in [-0.25, -0.2) is 0 Å². The van der Waals surface area contributed by atoms with Gasteiger partial charge in [0.1, 0.15) is 10.6 Å². The highest BCUT2D eigenvalue weighted by atomic mass is 79.9. The molecule has 26 heavy (non-hydrogen) atoms. The van der Waals surface area contributed by atoms with E-state index < -0.39 is 16.0 Å². The van der Waals surface area contributed by atoms with Gasteiger partial charge in [0.15, 0.2) is 0 Å². The molecule has 0 saturated heterocycles. The van der Waals surface area contributed by atoms with Crippen LogP contribution in [0.15, 0.2) is 82.2 Å². The normalized spacial score (nSPS) is 11.1. The Morgan fingerprint density at radius 2 is 1.31 bits per heavy atom. The third-order valence-corrected chi connectivity index (χ3v) is 5.46. The largest absolute Gasteiger partial charge is 0.379 e. The fourth-order valence-corrected chi connectivity index (χ4v) is 3.50. The second-order valence-electron chi connectivity index (χ2n) is 5.46. The van der Waals surface area contributed by atoms with E-state index in [4.69, 9.17) is 9.92 Å². The van der Waals surface area contributed by atoms with Crippen molar-refractivity contribution in [2.75, 3.05) is 0 Å². The quantitative estimate of drug-likeness (QED) is 0.618. The van der Waals surface area contributed by atoms with Gasteiger partial charge in [0.25, 0.3) is 0 Å². The molecular weight excluding hydrogens is 418 g/mol. The molecule has 0 aromatic heterocycles. The highest BCUT2D eigenvalue weighted by molar-refractivity contribution is 9.10. The smallest absolute Gasteiger partial charge is 0.339 e. The molecule has 0 bridgehead atoms. The number of hydrogen-bond donors (Lipinski definition) is 1. The zero-order valence-electron chi connectivity index (χ0n) is 13.4. The van der Waals surface area contributed by atoms with E-state index in [-0.39, 0.29) is 16.2 Å². The van der Waals surface area contributed by atoms with Gasteiger partial charge in [0, 0.05) is 10.0 Å². The van der Waals surface area contributed by atoms with E-state index in [9.17, 15) is 13.2 Å². The highest BCUT2D eigenvalue weighted by Gasteiger charge is 2.17. The van der Waals surface area contributed by atoms with Crippen LogP contribution in [0, 0.1) is 0 Å². The van der Waals surface area contributed by atoms with E-state index in [1.165, 1.54) is 24.3 Å². The summed E-state index contributed by atoms with van der Waals surface area (Å²) in [5.41, 5.74) is 7.31. The van der Waals surface area contributed by atoms with Crippen LogP contribution in [-0.4, -0.2) is 14.3 Å². The Bertz CT molecular complexity index is 1030. The van der Waals surface area contributed by atoms with Crippen molar-refractivity contribution >= 4 is 32.0 Å². The van der Waals surface area contributed by atoms with Crippen molar-refractivity contribution in [3.05, 3.63) is 82.8 Å². The summed E-state index contributed by atoms with van der Waals surface area (Å²) in [4.78, 5) is 11.0. The van der Waals surface area contributed by atoms with E-state index >= 15 is 0 Å². The monoisotopic (exact) mass is 431 g/mol. The molecule has 0 radical (unpaired) electrons. The molecule has 3 aromatic rings. The van der Waals surface area contributed by atoms with E-state index in [1.807, 2.05) is 24.3 Å². The van der Waals surface area contributed by atoms with Crippen LogP contribution in [-0.2, 0) is 10.1 Å². The van der Waals surface area contributed by atoms with Gasteiger partial charge >= 0.3 is 10.1 Å². The zero-order chi connectivity index (χ0) is 18.7. The number of carbonyl (C=O) groups excluding carboxylic acids is 1. The molecule has 0 aliphatic carbocycles. The number of benzene rings is 3. The molecule has 1 amide bonds. The molecule has 0 aliphatic heterocycles. The van der Waals surface area contributed by atoms with Crippen LogP contribution in [0.4, 0.5) is 0 Å². The lowest BCUT2D eigenvalue weighted by Crippen LogP contribution is -2.13. The van der Waals surface area contributed by atoms with E-state index in [1.54, 1.807) is 24.3 Å². The zero-order valence-corrected chi connectivity index (χ0v) is 15.8. The highest BCUT2D eigenvalue weighted by Crippen LogP contribution is 2.25. The lowest BCUT2D eigenvalue weighted by Gasteiger charge is -2.08. The average Bonchev–Trinajstić information content (AvgIpc) is 2.63. The predicted octanol–water partition coefficient (Wildman–Crippen LogP) is 3.98. The lowest BCUT2D eigenvalue weighted by molar-refractivity contribution is 0.1000. The van der Waals surface area contributed by atoms with Gasteiger partial charge < -0.3 is 9.92 Å². The molecule has 0 unspecified atom stereocenters. The predicted molar refractivity (Wildman–Crippen MR) is 102 cm³/mol. The van der Waals surface area contributed by atoms with Gasteiger partial charge in [0.2, 0.25) is 5.91 Å². The molecule has 7 heteroatoms. The fraction of sp³-hybridized carbons (Fsp3) is 0.